The molecule has 2 atom stereocenters. The van der Waals surface area contributed by atoms with E-state index < -0.39 is 11.6 Å². The Labute approximate surface area is 148 Å². The molecule has 2 fully saturated rings. The maximum Gasteiger partial charge on any atom is 0.200 e. The largest absolute Gasteiger partial charge is 0.494 e. The van der Waals surface area contributed by atoms with Crippen LogP contribution >= 0.6 is 0 Å². The molecule has 0 aromatic heterocycles. The number of hydrazine groups is 1. The highest BCUT2D eigenvalue weighted by Crippen LogP contribution is 2.29. The van der Waals surface area contributed by atoms with Crippen LogP contribution in [0.2, 0.25) is 0 Å². The van der Waals surface area contributed by atoms with Gasteiger partial charge in [-0.2, -0.15) is 4.39 Å². The summed E-state index contributed by atoms with van der Waals surface area (Å²) in [5.74, 6) is -0.450. The zero-order chi connectivity index (χ0) is 18.0. The van der Waals surface area contributed by atoms with Gasteiger partial charge in [0.05, 0.1) is 7.11 Å². The van der Waals surface area contributed by atoms with E-state index in [9.17, 15) is 8.78 Å². The van der Waals surface area contributed by atoms with Crippen LogP contribution in [0.5, 0.6) is 5.75 Å². The van der Waals surface area contributed by atoms with Crippen molar-refractivity contribution in [3.63, 3.8) is 0 Å². The Morgan fingerprint density at radius 1 is 1.16 bits per heavy atom. The van der Waals surface area contributed by atoms with Crippen LogP contribution in [-0.4, -0.2) is 37.2 Å². The van der Waals surface area contributed by atoms with Crippen molar-refractivity contribution in [2.24, 2.45) is 11.8 Å². The lowest BCUT2D eigenvalue weighted by atomic mass is 9.85. The van der Waals surface area contributed by atoms with E-state index >= 15 is 0 Å². The predicted molar refractivity (Wildman–Crippen MR) is 94.2 cm³/mol. The Bertz CT molecular complexity index is 588. The van der Waals surface area contributed by atoms with E-state index in [0.29, 0.717) is 36.0 Å². The van der Waals surface area contributed by atoms with E-state index in [0.717, 1.165) is 25.9 Å². The van der Waals surface area contributed by atoms with Gasteiger partial charge < -0.3 is 4.74 Å². The molecule has 2 heterocycles. The Morgan fingerprint density at radius 2 is 1.88 bits per heavy atom. The van der Waals surface area contributed by atoms with Crippen molar-refractivity contribution in [2.45, 2.75) is 51.7 Å². The first-order chi connectivity index (χ1) is 12.0. The summed E-state index contributed by atoms with van der Waals surface area (Å²) >= 11 is 0. The molecule has 6 heteroatoms. The molecular weight excluding hydrogens is 324 g/mol. The standard InChI is InChI=1S/C19H29F2N3O/c1-12(2)15-10-16(23-22-15)13-6-8-24(9-7-13)11-14-4-5-17(25-3)19(21)18(14)20/h4-5,12-13,15-16,22-23H,6-11H2,1-3H3. The van der Waals surface area contributed by atoms with Gasteiger partial charge in [-0.1, -0.05) is 19.9 Å². The van der Waals surface area contributed by atoms with E-state index in [1.807, 2.05) is 0 Å². The molecule has 0 bridgehead atoms. The van der Waals surface area contributed by atoms with Gasteiger partial charge in [-0.25, -0.2) is 4.39 Å². The first-order valence-electron chi connectivity index (χ1n) is 9.23. The second-order valence-electron chi connectivity index (χ2n) is 7.65. The van der Waals surface area contributed by atoms with Crippen molar-refractivity contribution in [2.75, 3.05) is 20.2 Å². The van der Waals surface area contributed by atoms with Crippen LogP contribution in [0.25, 0.3) is 0 Å². The molecule has 0 amide bonds. The third-order valence-electron chi connectivity index (χ3n) is 5.71. The Hall–Kier alpha value is -1.24. The highest BCUT2D eigenvalue weighted by Gasteiger charge is 2.33. The quantitative estimate of drug-likeness (QED) is 0.853. The highest BCUT2D eigenvalue weighted by molar-refractivity contribution is 5.31. The summed E-state index contributed by atoms with van der Waals surface area (Å²) in [6.45, 7) is 6.77. The summed E-state index contributed by atoms with van der Waals surface area (Å²) in [6, 6.07) is 4.18. The molecule has 2 aliphatic rings. The number of likely N-dealkylation sites (tertiary alicyclic amines) is 1. The minimum absolute atomic E-state index is 0.0422. The SMILES string of the molecule is COc1ccc(CN2CCC(C3CC(C(C)C)NN3)CC2)c(F)c1F. The molecule has 140 valence electrons. The summed E-state index contributed by atoms with van der Waals surface area (Å²) < 4.78 is 32.8. The van der Waals surface area contributed by atoms with Crippen LogP contribution in [0.3, 0.4) is 0 Å². The van der Waals surface area contributed by atoms with Crippen LogP contribution in [0.4, 0.5) is 8.78 Å². The van der Waals surface area contributed by atoms with Crippen molar-refractivity contribution in [3.05, 3.63) is 29.3 Å². The predicted octanol–water partition coefficient (Wildman–Crippen LogP) is 3.08. The van der Waals surface area contributed by atoms with Gasteiger partial charge in [0.1, 0.15) is 0 Å². The molecule has 2 N–H and O–H groups in total. The summed E-state index contributed by atoms with van der Waals surface area (Å²) in [5, 5.41) is 0. The van der Waals surface area contributed by atoms with Gasteiger partial charge in [-0.05, 0) is 50.3 Å². The van der Waals surface area contributed by atoms with Gasteiger partial charge in [0, 0.05) is 24.2 Å². The van der Waals surface area contributed by atoms with Crippen LogP contribution in [0.15, 0.2) is 12.1 Å². The summed E-state index contributed by atoms with van der Waals surface area (Å²) in [5.41, 5.74) is 7.27. The fraction of sp³-hybridized carbons (Fsp3) is 0.684. The van der Waals surface area contributed by atoms with E-state index in [1.54, 1.807) is 6.07 Å². The number of piperidine rings is 1. The van der Waals surface area contributed by atoms with Crippen LogP contribution < -0.4 is 15.6 Å². The molecule has 2 saturated heterocycles. The van der Waals surface area contributed by atoms with Crippen molar-refractivity contribution < 1.29 is 13.5 Å². The lowest BCUT2D eigenvalue weighted by Crippen LogP contribution is -2.43. The van der Waals surface area contributed by atoms with E-state index in [-0.39, 0.29) is 5.75 Å². The topological polar surface area (TPSA) is 36.5 Å². The number of methoxy groups -OCH3 is 1. The second kappa shape index (κ2) is 7.98. The molecular formula is C19H29F2N3O. The van der Waals surface area contributed by atoms with Crippen molar-refractivity contribution in [1.82, 2.24) is 15.8 Å². The van der Waals surface area contributed by atoms with Gasteiger partial charge >= 0.3 is 0 Å². The zero-order valence-electron chi connectivity index (χ0n) is 15.3. The van der Waals surface area contributed by atoms with Gasteiger partial charge in [-0.3, -0.25) is 15.8 Å². The lowest BCUT2D eigenvalue weighted by Gasteiger charge is -2.34. The number of benzene rings is 1. The molecule has 0 saturated carbocycles. The Kier molecular flexibility index (Phi) is 5.92. The highest BCUT2D eigenvalue weighted by atomic mass is 19.2. The number of hydrogen-bond donors (Lipinski definition) is 2. The van der Waals surface area contributed by atoms with Gasteiger partial charge in [-0.15, -0.1) is 0 Å². The number of nitrogens with one attached hydrogen (secondary N) is 2. The van der Waals surface area contributed by atoms with Crippen molar-refractivity contribution >= 4 is 0 Å². The molecule has 0 radical (unpaired) electrons. The first kappa shape index (κ1) is 18.5. The van der Waals surface area contributed by atoms with Crippen molar-refractivity contribution in [1.29, 1.82) is 0 Å². The normalized spacial score (nSPS) is 25.7. The molecule has 2 unspecified atom stereocenters. The third kappa shape index (κ3) is 4.13. The molecule has 0 spiro atoms. The fourth-order valence-electron chi connectivity index (χ4n) is 3.96. The minimum atomic E-state index is -0.893. The number of halogens is 2. The monoisotopic (exact) mass is 353 g/mol. The molecule has 25 heavy (non-hydrogen) atoms. The van der Waals surface area contributed by atoms with Crippen LogP contribution in [0, 0.1) is 23.5 Å². The average molecular weight is 353 g/mol. The molecule has 3 rings (SSSR count). The maximum atomic E-state index is 14.1. The average Bonchev–Trinajstić information content (AvgIpc) is 3.10. The smallest absolute Gasteiger partial charge is 0.200 e. The lowest BCUT2D eigenvalue weighted by molar-refractivity contribution is 0.154. The number of ether oxygens (including phenoxy) is 1. The number of hydrogen-bond acceptors (Lipinski definition) is 4. The zero-order valence-corrected chi connectivity index (χ0v) is 15.3. The molecule has 1 aromatic carbocycles. The van der Waals surface area contributed by atoms with Gasteiger partial charge in [0.15, 0.2) is 11.6 Å². The number of nitrogens with zero attached hydrogens (tertiary/aromatic N) is 1. The number of rotatable bonds is 5. The van der Waals surface area contributed by atoms with E-state index in [1.165, 1.54) is 19.6 Å². The molecule has 4 nitrogen and oxygen atoms in total. The first-order valence-corrected chi connectivity index (χ1v) is 9.23. The Morgan fingerprint density at radius 3 is 2.48 bits per heavy atom. The van der Waals surface area contributed by atoms with Crippen LogP contribution in [-0.2, 0) is 6.54 Å². The maximum absolute atomic E-state index is 14.1. The molecule has 0 aliphatic carbocycles. The Balaban J connectivity index is 1.53. The van der Waals surface area contributed by atoms with E-state index in [2.05, 4.69) is 29.6 Å². The summed E-state index contributed by atoms with van der Waals surface area (Å²) in [4.78, 5) is 2.21. The van der Waals surface area contributed by atoms with Crippen molar-refractivity contribution in [3.8, 4) is 5.75 Å². The summed E-state index contributed by atoms with van der Waals surface area (Å²) in [6.07, 6.45) is 3.34. The molecule has 2 aliphatic heterocycles. The fourth-order valence-corrected chi connectivity index (χ4v) is 3.96. The summed E-state index contributed by atoms with van der Waals surface area (Å²) in [7, 11) is 1.35. The van der Waals surface area contributed by atoms with Gasteiger partial charge in [0.25, 0.3) is 0 Å². The van der Waals surface area contributed by atoms with E-state index in [4.69, 9.17) is 4.74 Å². The minimum Gasteiger partial charge on any atom is -0.494 e. The van der Waals surface area contributed by atoms with Crippen LogP contribution in [0.1, 0.15) is 38.7 Å². The third-order valence-corrected chi connectivity index (χ3v) is 5.71. The molecule has 1 aromatic rings. The van der Waals surface area contributed by atoms with Gasteiger partial charge in [0.2, 0.25) is 5.82 Å². The second-order valence-corrected chi connectivity index (χ2v) is 7.65.